The van der Waals surface area contributed by atoms with Crippen LogP contribution in [-0.4, -0.2) is 37.2 Å². The Morgan fingerprint density at radius 3 is 0.881 bits per heavy atom. The third-order valence-electron chi connectivity index (χ3n) is 12.4. The van der Waals surface area contributed by atoms with Gasteiger partial charge in [-0.15, -0.1) is 0 Å². The standard InChI is InChI=1S/C53H102O6/c1-5-8-10-12-13-14-15-16-17-18-19-20-24-27-30-33-37-40-44-51(54)57-47-50(59-53(56)46-42-35-11-9-6-2)48-58-52(55)45-41-38-34-31-28-25-22-21-23-26-29-32-36-39-43-49(4)7-3/h49-50H,5-48H2,1-4H3/t49?,50-/m0/s1. The van der Waals surface area contributed by atoms with E-state index in [0.29, 0.717) is 19.3 Å². The molecule has 0 aliphatic rings. The van der Waals surface area contributed by atoms with Crippen molar-refractivity contribution in [2.45, 2.75) is 303 Å². The topological polar surface area (TPSA) is 78.9 Å². The van der Waals surface area contributed by atoms with Crippen LogP contribution >= 0.6 is 0 Å². The quantitative estimate of drug-likeness (QED) is 0.0345. The first-order valence-electron chi connectivity index (χ1n) is 26.4. The minimum absolute atomic E-state index is 0.0642. The molecule has 6 nitrogen and oxygen atoms in total. The lowest BCUT2D eigenvalue weighted by Gasteiger charge is -2.18. The van der Waals surface area contributed by atoms with E-state index in [1.165, 1.54) is 186 Å². The largest absolute Gasteiger partial charge is 0.462 e. The van der Waals surface area contributed by atoms with Crippen LogP contribution in [0.25, 0.3) is 0 Å². The summed E-state index contributed by atoms with van der Waals surface area (Å²) in [7, 11) is 0. The van der Waals surface area contributed by atoms with E-state index in [9.17, 15) is 14.4 Å². The van der Waals surface area contributed by atoms with Gasteiger partial charge in [0, 0.05) is 19.3 Å². The molecule has 6 heteroatoms. The maximum atomic E-state index is 12.6. The second kappa shape index (κ2) is 47.5. The van der Waals surface area contributed by atoms with Crippen molar-refractivity contribution >= 4 is 17.9 Å². The number of hydrogen-bond acceptors (Lipinski definition) is 6. The molecule has 59 heavy (non-hydrogen) atoms. The number of carbonyl (C=O) groups excluding carboxylic acids is 3. The van der Waals surface area contributed by atoms with Crippen molar-refractivity contribution in [1.29, 1.82) is 0 Å². The number of carbonyl (C=O) groups is 3. The van der Waals surface area contributed by atoms with Crippen LogP contribution in [-0.2, 0) is 28.6 Å². The van der Waals surface area contributed by atoms with Crippen LogP contribution < -0.4 is 0 Å². The highest BCUT2D eigenvalue weighted by molar-refractivity contribution is 5.71. The molecule has 350 valence electrons. The molecule has 0 aliphatic carbocycles. The van der Waals surface area contributed by atoms with Crippen molar-refractivity contribution in [3.63, 3.8) is 0 Å². The van der Waals surface area contributed by atoms with Crippen LogP contribution in [0.3, 0.4) is 0 Å². The van der Waals surface area contributed by atoms with Crippen LogP contribution in [0.15, 0.2) is 0 Å². The van der Waals surface area contributed by atoms with Crippen LogP contribution in [0, 0.1) is 5.92 Å². The Hall–Kier alpha value is -1.59. The predicted molar refractivity (Wildman–Crippen MR) is 252 cm³/mol. The Morgan fingerprint density at radius 2 is 0.593 bits per heavy atom. The normalized spacial score (nSPS) is 12.4. The van der Waals surface area contributed by atoms with Gasteiger partial charge in [-0.3, -0.25) is 14.4 Å². The molecule has 0 aromatic heterocycles. The van der Waals surface area contributed by atoms with Crippen LogP contribution in [0.4, 0.5) is 0 Å². The minimum atomic E-state index is -0.758. The maximum Gasteiger partial charge on any atom is 0.306 e. The summed E-state index contributed by atoms with van der Waals surface area (Å²) >= 11 is 0. The molecule has 0 bridgehead atoms. The first kappa shape index (κ1) is 57.4. The molecule has 0 saturated heterocycles. The van der Waals surface area contributed by atoms with Gasteiger partial charge in [0.05, 0.1) is 0 Å². The SMILES string of the molecule is CCCCCCCCCCCCCCCCCCCCC(=O)OC[C@@H](COC(=O)CCCCCCCCCCCCCCCCC(C)CC)OC(=O)CCCCCCC. The van der Waals surface area contributed by atoms with Gasteiger partial charge in [-0.25, -0.2) is 0 Å². The van der Waals surface area contributed by atoms with Crippen LogP contribution in [0.2, 0.25) is 0 Å². The summed E-state index contributed by atoms with van der Waals surface area (Å²) in [4.78, 5) is 37.7. The van der Waals surface area contributed by atoms with Crippen molar-refractivity contribution in [3.05, 3.63) is 0 Å². The Balaban J connectivity index is 4.04. The van der Waals surface area contributed by atoms with E-state index in [2.05, 4.69) is 27.7 Å². The molecular weight excluding hydrogens is 733 g/mol. The molecule has 0 spiro atoms. The summed E-state index contributed by atoms with van der Waals surface area (Å²) in [5, 5.41) is 0. The monoisotopic (exact) mass is 835 g/mol. The summed E-state index contributed by atoms with van der Waals surface area (Å²) in [5.74, 6) is 0.0369. The zero-order valence-corrected chi connectivity index (χ0v) is 40.2. The van der Waals surface area contributed by atoms with E-state index in [-0.39, 0.29) is 31.1 Å². The van der Waals surface area contributed by atoms with E-state index in [0.717, 1.165) is 70.1 Å². The zero-order chi connectivity index (χ0) is 43.1. The zero-order valence-electron chi connectivity index (χ0n) is 40.2. The third kappa shape index (κ3) is 45.8. The summed E-state index contributed by atoms with van der Waals surface area (Å²) < 4.78 is 16.7. The van der Waals surface area contributed by atoms with E-state index in [4.69, 9.17) is 14.2 Å². The molecule has 0 aromatic rings. The average molecular weight is 835 g/mol. The van der Waals surface area contributed by atoms with Crippen LogP contribution in [0.1, 0.15) is 297 Å². The van der Waals surface area contributed by atoms with E-state index < -0.39 is 6.10 Å². The number of ether oxygens (including phenoxy) is 3. The maximum absolute atomic E-state index is 12.6. The molecule has 0 N–H and O–H groups in total. The number of esters is 3. The lowest BCUT2D eigenvalue weighted by molar-refractivity contribution is -0.167. The van der Waals surface area contributed by atoms with Gasteiger partial charge >= 0.3 is 17.9 Å². The molecule has 0 fully saturated rings. The minimum Gasteiger partial charge on any atom is -0.462 e. The van der Waals surface area contributed by atoms with E-state index in [1.807, 2.05) is 0 Å². The fraction of sp³-hybridized carbons (Fsp3) is 0.943. The first-order chi connectivity index (χ1) is 28.9. The lowest BCUT2D eigenvalue weighted by atomic mass is 9.99. The summed E-state index contributed by atoms with van der Waals surface area (Å²) in [6.45, 7) is 9.00. The molecule has 1 unspecified atom stereocenters. The van der Waals surface area contributed by atoms with Gasteiger partial charge in [0.25, 0.3) is 0 Å². The van der Waals surface area contributed by atoms with Crippen molar-refractivity contribution in [3.8, 4) is 0 Å². The highest BCUT2D eigenvalue weighted by Crippen LogP contribution is 2.18. The Bertz CT molecular complexity index is 889. The molecule has 0 heterocycles. The van der Waals surface area contributed by atoms with Gasteiger partial charge < -0.3 is 14.2 Å². The average Bonchev–Trinajstić information content (AvgIpc) is 3.23. The molecule has 0 rings (SSSR count). The summed E-state index contributed by atoms with van der Waals surface area (Å²) in [5.41, 5.74) is 0. The Kier molecular flexibility index (Phi) is 46.2. The molecule has 0 amide bonds. The number of unbranched alkanes of at least 4 members (excludes halogenated alkanes) is 34. The number of rotatable bonds is 48. The van der Waals surface area contributed by atoms with Gasteiger partial charge in [-0.2, -0.15) is 0 Å². The Morgan fingerprint density at radius 1 is 0.339 bits per heavy atom. The van der Waals surface area contributed by atoms with Crippen molar-refractivity contribution in [2.75, 3.05) is 13.2 Å². The fourth-order valence-corrected chi connectivity index (χ4v) is 8.01. The smallest absolute Gasteiger partial charge is 0.306 e. The van der Waals surface area contributed by atoms with Gasteiger partial charge in [0.15, 0.2) is 6.10 Å². The van der Waals surface area contributed by atoms with Gasteiger partial charge in [0.1, 0.15) is 13.2 Å². The first-order valence-corrected chi connectivity index (χ1v) is 26.4. The molecule has 0 saturated carbocycles. The second-order valence-corrected chi connectivity index (χ2v) is 18.4. The molecule has 0 aromatic carbocycles. The van der Waals surface area contributed by atoms with Crippen molar-refractivity contribution < 1.29 is 28.6 Å². The van der Waals surface area contributed by atoms with Gasteiger partial charge in [-0.1, -0.05) is 259 Å². The molecule has 0 radical (unpaired) electrons. The van der Waals surface area contributed by atoms with Gasteiger partial charge in [0.2, 0.25) is 0 Å². The molecule has 2 atom stereocenters. The van der Waals surface area contributed by atoms with E-state index in [1.54, 1.807) is 0 Å². The lowest BCUT2D eigenvalue weighted by Crippen LogP contribution is -2.30. The third-order valence-corrected chi connectivity index (χ3v) is 12.4. The van der Waals surface area contributed by atoms with Crippen LogP contribution in [0.5, 0.6) is 0 Å². The summed E-state index contributed by atoms with van der Waals surface area (Å²) in [6.07, 6.45) is 49.8. The number of hydrogen-bond donors (Lipinski definition) is 0. The highest BCUT2D eigenvalue weighted by atomic mass is 16.6. The summed E-state index contributed by atoms with van der Waals surface area (Å²) in [6, 6.07) is 0. The fourth-order valence-electron chi connectivity index (χ4n) is 8.01. The molecule has 0 aliphatic heterocycles. The Labute approximate surface area is 368 Å². The van der Waals surface area contributed by atoms with Crippen molar-refractivity contribution in [1.82, 2.24) is 0 Å². The van der Waals surface area contributed by atoms with E-state index >= 15 is 0 Å². The van der Waals surface area contributed by atoms with Gasteiger partial charge in [-0.05, 0) is 25.2 Å². The predicted octanol–water partition coefficient (Wildman–Crippen LogP) is 17.1. The highest BCUT2D eigenvalue weighted by Gasteiger charge is 2.19. The molecular formula is C53H102O6. The van der Waals surface area contributed by atoms with Crippen molar-refractivity contribution in [2.24, 2.45) is 5.92 Å². The second-order valence-electron chi connectivity index (χ2n) is 18.4.